The Labute approximate surface area is 196 Å². The van der Waals surface area contributed by atoms with Gasteiger partial charge >= 0.3 is 5.69 Å². The SMILES string of the molecule is CCC[C@H](C)Oc1cc(-n2nc3n(c2=O)CCCC3)c(F)cc1C(=O)Nc1ccc(F)cc1C. The molecule has 34 heavy (non-hydrogen) atoms. The predicted octanol–water partition coefficient (Wildman–Crippen LogP) is 4.78. The van der Waals surface area contributed by atoms with Crippen LogP contribution in [-0.4, -0.2) is 26.4 Å². The van der Waals surface area contributed by atoms with Gasteiger partial charge in [0.15, 0.2) is 0 Å². The van der Waals surface area contributed by atoms with E-state index >= 15 is 4.39 Å². The van der Waals surface area contributed by atoms with Crippen LogP contribution in [0.25, 0.3) is 5.69 Å². The molecule has 0 fully saturated rings. The van der Waals surface area contributed by atoms with Gasteiger partial charge in [0, 0.05) is 24.7 Å². The van der Waals surface area contributed by atoms with Crippen LogP contribution in [0.15, 0.2) is 35.1 Å². The number of benzene rings is 2. The fourth-order valence-electron chi connectivity index (χ4n) is 4.18. The second kappa shape index (κ2) is 9.79. The maximum Gasteiger partial charge on any atom is 0.350 e. The Hall–Kier alpha value is -3.49. The third-order valence-electron chi connectivity index (χ3n) is 5.95. The average molecular weight is 471 g/mol. The van der Waals surface area contributed by atoms with Gasteiger partial charge in [-0.25, -0.2) is 13.6 Å². The highest BCUT2D eigenvalue weighted by Gasteiger charge is 2.24. The van der Waals surface area contributed by atoms with Crippen molar-refractivity contribution in [1.82, 2.24) is 14.3 Å². The fraction of sp³-hybridized carbons (Fsp3) is 0.400. The zero-order valence-electron chi connectivity index (χ0n) is 19.5. The van der Waals surface area contributed by atoms with Crippen LogP contribution in [0, 0.1) is 18.6 Å². The summed E-state index contributed by atoms with van der Waals surface area (Å²) in [5, 5.41) is 7.03. The number of fused-ring (bicyclic) bond motifs is 1. The number of carbonyl (C=O) groups is 1. The van der Waals surface area contributed by atoms with Crippen molar-refractivity contribution in [3.05, 3.63) is 69.4 Å². The molecule has 4 rings (SSSR count). The van der Waals surface area contributed by atoms with E-state index in [1.165, 1.54) is 24.3 Å². The molecule has 180 valence electrons. The largest absolute Gasteiger partial charge is 0.490 e. The topological polar surface area (TPSA) is 78.2 Å². The first kappa shape index (κ1) is 23.7. The summed E-state index contributed by atoms with van der Waals surface area (Å²) >= 11 is 0. The maximum atomic E-state index is 15.3. The van der Waals surface area contributed by atoms with Crippen molar-refractivity contribution in [3.63, 3.8) is 0 Å². The van der Waals surface area contributed by atoms with Gasteiger partial charge in [0.25, 0.3) is 5.91 Å². The lowest BCUT2D eigenvalue weighted by Gasteiger charge is -2.18. The van der Waals surface area contributed by atoms with E-state index in [1.54, 1.807) is 11.5 Å². The van der Waals surface area contributed by atoms with E-state index in [2.05, 4.69) is 10.4 Å². The summed E-state index contributed by atoms with van der Waals surface area (Å²) in [5.41, 5.74) is 0.425. The average Bonchev–Trinajstić information content (AvgIpc) is 3.13. The van der Waals surface area contributed by atoms with Crippen LogP contribution in [0.4, 0.5) is 14.5 Å². The molecule has 0 aliphatic carbocycles. The minimum Gasteiger partial charge on any atom is -0.490 e. The maximum absolute atomic E-state index is 15.3. The first-order valence-electron chi connectivity index (χ1n) is 11.5. The molecule has 1 aliphatic rings. The second-order valence-corrected chi connectivity index (χ2v) is 8.65. The summed E-state index contributed by atoms with van der Waals surface area (Å²) in [5.74, 6) is -1.03. The van der Waals surface area contributed by atoms with Gasteiger partial charge in [-0.3, -0.25) is 9.36 Å². The van der Waals surface area contributed by atoms with Crippen molar-refractivity contribution in [2.24, 2.45) is 0 Å². The van der Waals surface area contributed by atoms with Crippen LogP contribution in [0.1, 0.15) is 61.3 Å². The highest BCUT2D eigenvalue weighted by atomic mass is 19.1. The van der Waals surface area contributed by atoms with Gasteiger partial charge in [-0.15, -0.1) is 5.10 Å². The number of halogens is 2. The smallest absolute Gasteiger partial charge is 0.350 e. The van der Waals surface area contributed by atoms with E-state index in [9.17, 15) is 14.0 Å². The summed E-state index contributed by atoms with van der Waals surface area (Å²) < 4.78 is 37.3. The van der Waals surface area contributed by atoms with Crippen LogP contribution < -0.4 is 15.7 Å². The molecular weight excluding hydrogens is 442 g/mol. The summed E-state index contributed by atoms with van der Waals surface area (Å²) in [6, 6.07) is 6.40. The molecule has 7 nitrogen and oxygen atoms in total. The van der Waals surface area contributed by atoms with Crippen molar-refractivity contribution in [1.29, 1.82) is 0 Å². The molecule has 0 saturated carbocycles. The van der Waals surface area contributed by atoms with Crippen LogP contribution in [0.2, 0.25) is 0 Å². The Balaban J connectivity index is 1.76. The number of hydrogen-bond acceptors (Lipinski definition) is 4. The molecule has 2 heterocycles. The quantitative estimate of drug-likeness (QED) is 0.539. The van der Waals surface area contributed by atoms with E-state index < -0.39 is 23.2 Å². The van der Waals surface area contributed by atoms with Crippen LogP contribution in [0.5, 0.6) is 5.75 Å². The predicted molar refractivity (Wildman–Crippen MR) is 125 cm³/mol. The van der Waals surface area contributed by atoms with Gasteiger partial charge in [0.05, 0.1) is 11.7 Å². The third-order valence-corrected chi connectivity index (χ3v) is 5.95. The summed E-state index contributed by atoms with van der Waals surface area (Å²) in [7, 11) is 0. The lowest BCUT2D eigenvalue weighted by Crippen LogP contribution is -2.27. The Kier molecular flexibility index (Phi) is 6.81. The summed E-state index contributed by atoms with van der Waals surface area (Å²) in [6.45, 7) is 6.08. The van der Waals surface area contributed by atoms with Crippen LogP contribution in [0.3, 0.4) is 0 Å². The molecule has 1 atom stereocenters. The minimum absolute atomic E-state index is 0.0232. The zero-order chi connectivity index (χ0) is 24.4. The lowest BCUT2D eigenvalue weighted by molar-refractivity contribution is 0.101. The highest BCUT2D eigenvalue weighted by molar-refractivity contribution is 6.06. The normalized spacial score (nSPS) is 13.9. The van der Waals surface area contributed by atoms with Gasteiger partial charge in [-0.2, -0.15) is 4.68 Å². The first-order valence-corrected chi connectivity index (χ1v) is 11.5. The Bertz CT molecular complexity index is 1280. The number of aryl methyl sites for hydroxylation is 2. The zero-order valence-corrected chi connectivity index (χ0v) is 19.5. The Morgan fingerprint density at radius 1 is 1.24 bits per heavy atom. The molecule has 0 unspecified atom stereocenters. The molecule has 0 saturated heterocycles. The molecule has 2 aromatic carbocycles. The summed E-state index contributed by atoms with van der Waals surface area (Å²) in [6.07, 6.45) is 3.78. The molecule has 0 spiro atoms. The number of anilines is 1. The van der Waals surface area contributed by atoms with Crippen molar-refractivity contribution >= 4 is 11.6 Å². The van der Waals surface area contributed by atoms with Gasteiger partial charge in [0.2, 0.25) is 0 Å². The van der Waals surface area contributed by atoms with E-state index in [0.717, 1.165) is 36.4 Å². The molecular formula is C25H28F2N4O3. The molecule has 1 aliphatic heterocycles. The fourth-order valence-corrected chi connectivity index (χ4v) is 4.18. The van der Waals surface area contributed by atoms with E-state index in [1.807, 2.05) is 13.8 Å². The number of hydrogen-bond donors (Lipinski definition) is 1. The van der Waals surface area contributed by atoms with Gasteiger partial charge < -0.3 is 10.1 Å². The lowest BCUT2D eigenvalue weighted by atomic mass is 10.1. The van der Waals surface area contributed by atoms with Gasteiger partial charge in [-0.05, 0) is 62.9 Å². The van der Waals surface area contributed by atoms with E-state index in [-0.39, 0.29) is 23.1 Å². The first-order chi connectivity index (χ1) is 16.3. The number of nitrogens with one attached hydrogen (secondary N) is 1. The van der Waals surface area contributed by atoms with Crippen LogP contribution in [-0.2, 0) is 13.0 Å². The van der Waals surface area contributed by atoms with Gasteiger partial charge in [0.1, 0.15) is 28.9 Å². The highest BCUT2D eigenvalue weighted by Crippen LogP contribution is 2.28. The number of aromatic nitrogens is 3. The third kappa shape index (κ3) is 4.73. The minimum atomic E-state index is -0.769. The number of amides is 1. The molecule has 1 amide bonds. The molecule has 0 bridgehead atoms. The van der Waals surface area contributed by atoms with Gasteiger partial charge in [-0.1, -0.05) is 13.3 Å². The number of carbonyl (C=O) groups excluding carboxylic acids is 1. The number of ether oxygens (including phenoxy) is 1. The van der Waals surface area contributed by atoms with Crippen LogP contribution >= 0.6 is 0 Å². The Morgan fingerprint density at radius 2 is 2.03 bits per heavy atom. The van der Waals surface area contributed by atoms with E-state index in [0.29, 0.717) is 30.0 Å². The van der Waals surface area contributed by atoms with Crippen molar-refractivity contribution in [2.75, 3.05) is 5.32 Å². The monoisotopic (exact) mass is 470 g/mol. The number of nitrogens with zero attached hydrogens (tertiary/aromatic N) is 3. The molecule has 1 N–H and O–H groups in total. The van der Waals surface area contributed by atoms with Crippen molar-refractivity contribution in [2.45, 2.75) is 65.5 Å². The standard InChI is InChI=1S/C25H28F2N4O3/c1-4-7-16(3)34-22-14-21(31-25(33)30-11-6-5-8-23(30)29-31)19(27)13-18(22)24(32)28-20-10-9-17(26)12-15(20)2/h9-10,12-14,16H,4-8,11H2,1-3H3,(H,28,32)/t16-/m0/s1. The molecule has 3 aromatic rings. The van der Waals surface area contributed by atoms with E-state index in [4.69, 9.17) is 4.74 Å². The van der Waals surface area contributed by atoms with Crippen molar-refractivity contribution < 1.29 is 18.3 Å². The van der Waals surface area contributed by atoms with Crippen molar-refractivity contribution in [3.8, 4) is 11.4 Å². The summed E-state index contributed by atoms with van der Waals surface area (Å²) in [4.78, 5) is 26.0. The second-order valence-electron chi connectivity index (χ2n) is 8.65. The molecule has 1 aromatic heterocycles. The molecule has 0 radical (unpaired) electrons. The Morgan fingerprint density at radius 3 is 2.74 bits per heavy atom. The number of rotatable bonds is 7. The molecule has 9 heteroatoms.